The average Bonchev–Trinajstić information content (AvgIpc) is 2.58. The fourth-order valence-corrected chi connectivity index (χ4v) is 3.26. The Morgan fingerprint density at radius 1 is 1.29 bits per heavy atom. The van der Waals surface area contributed by atoms with Crippen molar-refractivity contribution in [3.8, 4) is 0 Å². The van der Waals surface area contributed by atoms with Gasteiger partial charge in [0.2, 0.25) is 0 Å². The topological polar surface area (TPSA) is 90.9 Å². The third-order valence-corrected chi connectivity index (χ3v) is 4.29. The molecule has 3 aromatic heterocycles. The Hall–Kier alpha value is -2.96. The molecule has 0 radical (unpaired) electrons. The molecule has 3 aromatic rings. The number of carbonyl (C=O) groups excluding carboxylic acids is 1. The second-order valence-electron chi connectivity index (χ2n) is 5.70. The van der Waals surface area contributed by atoms with Gasteiger partial charge in [-0.25, -0.2) is 14.6 Å². The van der Waals surface area contributed by atoms with E-state index in [2.05, 4.69) is 4.98 Å². The van der Waals surface area contributed by atoms with Crippen molar-refractivity contribution in [1.29, 1.82) is 0 Å². The second-order valence-corrected chi connectivity index (χ2v) is 5.70. The van der Waals surface area contributed by atoms with Crippen LogP contribution in [0, 0.1) is 0 Å². The summed E-state index contributed by atoms with van der Waals surface area (Å²) in [6, 6.07) is 0. The normalized spacial score (nSPS) is 13.4. The number of nitrogens with zero attached hydrogens (tertiary/aromatic N) is 2. The Kier molecular flexibility index (Phi) is 3.23. The van der Waals surface area contributed by atoms with E-state index < -0.39 is 17.2 Å². The number of hydrogen-bond acceptors (Lipinski definition) is 6. The summed E-state index contributed by atoms with van der Waals surface area (Å²) in [5.74, 6) is -0.723. The average molecular weight is 326 g/mol. The van der Waals surface area contributed by atoms with E-state index in [4.69, 9.17) is 9.15 Å². The third kappa shape index (κ3) is 1.97. The number of ether oxygens (including phenoxy) is 1. The van der Waals surface area contributed by atoms with Crippen LogP contribution in [0.15, 0.2) is 32.7 Å². The minimum Gasteiger partial charge on any atom is -0.462 e. The van der Waals surface area contributed by atoms with Crippen LogP contribution in [-0.2, 0) is 17.6 Å². The minimum absolute atomic E-state index is 0.155. The van der Waals surface area contributed by atoms with E-state index in [0.717, 1.165) is 42.0 Å². The lowest BCUT2D eigenvalue weighted by molar-refractivity contribution is 0.0523. The zero-order valence-corrected chi connectivity index (χ0v) is 13.0. The molecular weight excluding hydrogens is 312 g/mol. The lowest BCUT2D eigenvalue weighted by atomic mass is 9.92. The van der Waals surface area contributed by atoms with Gasteiger partial charge in [0, 0.05) is 17.8 Å². The number of aromatic nitrogens is 2. The Morgan fingerprint density at radius 2 is 2.08 bits per heavy atom. The van der Waals surface area contributed by atoms with E-state index in [1.807, 2.05) is 0 Å². The Bertz CT molecular complexity index is 1110. The van der Waals surface area contributed by atoms with Crippen LogP contribution in [0.5, 0.6) is 0 Å². The maximum atomic E-state index is 12.7. The molecule has 0 N–H and O–H groups in total. The van der Waals surface area contributed by atoms with Crippen molar-refractivity contribution < 1.29 is 13.9 Å². The molecule has 0 saturated heterocycles. The molecular formula is C17H14N2O5. The van der Waals surface area contributed by atoms with Crippen molar-refractivity contribution in [2.45, 2.75) is 26.2 Å². The van der Waals surface area contributed by atoms with Gasteiger partial charge in [-0.3, -0.25) is 9.20 Å². The first-order valence-electron chi connectivity index (χ1n) is 7.76. The first-order valence-corrected chi connectivity index (χ1v) is 7.76. The molecule has 1 aliphatic carbocycles. The Balaban J connectivity index is 2.14. The van der Waals surface area contributed by atoms with Crippen LogP contribution < -0.4 is 11.2 Å². The number of pyridine rings is 1. The predicted octanol–water partition coefficient (Wildman–Crippen LogP) is 1.47. The zero-order valence-electron chi connectivity index (χ0n) is 13.0. The van der Waals surface area contributed by atoms with Gasteiger partial charge in [0.1, 0.15) is 10.9 Å². The minimum atomic E-state index is -0.723. The van der Waals surface area contributed by atoms with Gasteiger partial charge in [-0.05, 0) is 37.3 Å². The molecule has 122 valence electrons. The highest BCUT2D eigenvalue weighted by Gasteiger charge is 2.22. The molecule has 0 bridgehead atoms. The van der Waals surface area contributed by atoms with E-state index in [-0.39, 0.29) is 23.2 Å². The summed E-state index contributed by atoms with van der Waals surface area (Å²) >= 11 is 0. The lowest BCUT2D eigenvalue weighted by Crippen LogP contribution is -2.26. The quantitative estimate of drug-likeness (QED) is 0.523. The van der Waals surface area contributed by atoms with E-state index in [0.29, 0.717) is 0 Å². The predicted molar refractivity (Wildman–Crippen MR) is 85.5 cm³/mol. The van der Waals surface area contributed by atoms with Crippen LogP contribution in [0.2, 0.25) is 0 Å². The van der Waals surface area contributed by atoms with Crippen molar-refractivity contribution >= 4 is 22.4 Å². The molecule has 7 heteroatoms. The van der Waals surface area contributed by atoms with Gasteiger partial charge in [-0.2, -0.15) is 0 Å². The molecule has 0 aromatic carbocycles. The highest BCUT2D eigenvalue weighted by atomic mass is 16.5. The van der Waals surface area contributed by atoms with Crippen LogP contribution in [0.3, 0.4) is 0 Å². The van der Waals surface area contributed by atoms with Crippen LogP contribution >= 0.6 is 0 Å². The van der Waals surface area contributed by atoms with Crippen LogP contribution in [0.1, 0.15) is 34.8 Å². The van der Waals surface area contributed by atoms with Crippen LogP contribution in [-0.4, -0.2) is 22.0 Å². The SMILES string of the molecule is CCOC(=O)c1cnc2c3c(=O)occ4c3c(cn2c1=O)CCC4. The van der Waals surface area contributed by atoms with Gasteiger partial charge >= 0.3 is 11.6 Å². The number of aryl methyl sites for hydroxylation is 2. The first-order chi connectivity index (χ1) is 11.6. The zero-order chi connectivity index (χ0) is 16.8. The number of carbonyl (C=O) groups is 1. The van der Waals surface area contributed by atoms with Gasteiger partial charge in [-0.1, -0.05) is 0 Å². The Labute approximate surface area is 135 Å². The summed E-state index contributed by atoms with van der Waals surface area (Å²) < 4.78 is 11.2. The molecule has 24 heavy (non-hydrogen) atoms. The molecule has 0 atom stereocenters. The molecule has 0 saturated carbocycles. The summed E-state index contributed by atoms with van der Waals surface area (Å²) in [7, 11) is 0. The summed E-state index contributed by atoms with van der Waals surface area (Å²) in [6.07, 6.45) is 6.77. The van der Waals surface area contributed by atoms with E-state index in [1.165, 1.54) is 10.7 Å². The number of rotatable bonds is 2. The standard InChI is InChI=1S/C17H14N2O5/c1-2-23-16(21)11-6-18-14-13-12-9(7-19(14)15(11)20)4-3-5-10(12)8-24-17(13)22/h6-8H,2-5H2,1H3. The van der Waals surface area contributed by atoms with Gasteiger partial charge in [-0.15, -0.1) is 0 Å². The van der Waals surface area contributed by atoms with Gasteiger partial charge in [0.05, 0.1) is 12.9 Å². The van der Waals surface area contributed by atoms with E-state index in [1.54, 1.807) is 13.1 Å². The van der Waals surface area contributed by atoms with Crippen molar-refractivity contribution in [3.05, 3.63) is 56.1 Å². The smallest absolute Gasteiger partial charge is 0.347 e. The van der Waals surface area contributed by atoms with Crippen molar-refractivity contribution in [1.82, 2.24) is 9.38 Å². The summed E-state index contributed by atoms with van der Waals surface area (Å²) in [6.45, 7) is 1.82. The fourth-order valence-electron chi connectivity index (χ4n) is 3.26. The molecule has 0 aliphatic heterocycles. The van der Waals surface area contributed by atoms with Crippen molar-refractivity contribution in [3.63, 3.8) is 0 Å². The van der Waals surface area contributed by atoms with Crippen LogP contribution in [0.25, 0.3) is 16.4 Å². The molecule has 7 nitrogen and oxygen atoms in total. The highest BCUT2D eigenvalue weighted by molar-refractivity contribution is 5.98. The second kappa shape index (κ2) is 5.30. The first kappa shape index (κ1) is 14.6. The third-order valence-electron chi connectivity index (χ3n) is 4.29. The molecule has 0 amide bonds. The molecule has 3 heterocycles. The van der Waals surface area contributed by atoms with Gasteiger partial charge in [0.15, 0.2) is 5.65 Å². The molecule has 0 fully saturated rings. The number of fused-ring (bicyclic) bond motifs is 2. The van der Waals surface area contributed by atoms with E-state index >= 15 is 0 Å². The maximum Gasteiger partial charge on any atom is 0.347 e. The van der Waals surface area contributed by atoms with Gasteiger partial charge < -0.3 is 9.15 Å². The largest absolute Gasteiger partial charge is 0.462 e. The maximum absolute atomic E-state index is 12.7. The van der Waals surface area contributed by atoms with Gasteiger partial charge in [0.25, 0.3) is 5.56 Å². The highest BCUT2D eigenvalue weighted by Crippen LogP contribution is 2.29. The van der Waals surface area contributed by atoms with Crippen molar-refractivity contribution in [2.75, 3.05) is 6.61 Å². The number of esters is 1. The Morgan fingerprint density at radius 3 is 2.88 bits per heavy atom. The van der Waals surface area contributed by atoms with Crippen molar-refractivity contribution in [2.24, 2.45) is 0 Å². The monoisotopic (exact) mass is 326 g/mol. The summed E-state index contributed by atoms with van der Waals surface area (Å²) in [4.78, 5) is 41.0. The fraction of sp³-hybridized carbons (Fsp3) is 0.294. The number of hydrogen-bond donors (Lipinski definition) is 0. The molecule has 4 rings (SSSR count). The lowest BCUT2D eigenvalue weighted by Gasteiger charge is -2.17. The molecule has 0 spiro atoms. The molecule has 1 aliphatic rings. The summed E-state index contributed by atoms with van der Waals surface area (Å²) in [5, 5.41) is 1.10. The summed E-state index contributed by atoms with van der Waals surface area (Å²) in [5.41, 5.74) is 0.785. The van der Waals surface area contributed by atoms with Crippen LogP contribution in [0.4, 0.5) is 0 Å². The molecule has 0 unspecified atom stereocenters. The van der Waals surface area contributed by atoms with E-state index in [9.17, 15) is 14.4 Å².